The number of hydrogen-bond acceptors (Lipinski definition) is 5. The average molecular weight is 461 g/mol. The first-order valence-corrected chi connectivity index (χ1v) is 10.9. The fraction of sp³-hybridized carbons (Fsp3) is 0.192. The summed E-state index contributed by atoms with van der Waals surface area (Å²) in [5.41, 5.74) is -0.257. The highest BCUT2D eigenvalue weighted by Gasteiger charge is 2.73. The second-order valence-electron chi connectivity index (χ2n) is 8.11. The molecule has 6 nitrogen and oxygen atoms in total. The Labute approximate surface area is 196 Å². The monoisotopic (exact) mass is 460 g/mol. The Morgan fingerprint density at radius 1 is 1.06 bits per heavy atom. The van der Waals surface area contributed by atoms with Crippen LogP contribution in [0, 0.1) is 6.92 Å². The molecule has 1 amide bonds. The van der Waals surface area contributed by atoms with Crippen LogP contribution in [0.2, 0.25) is 5.02 Å². The molecule has 5 rings (SSSR count). The van der Waals surface area contributed by atoms with Crippen LogP contribution >= 0.6 is 11.6 Å². The minimum Gasteiger partial charge on any atom is -0.467 e. The number of anilines is 1. The summed E-state index contributed by atoms with van der Waals surface area (Å²) in [5, 5.41) is 0.308. The van der Waals surface area contributed by atoms with Gasteiger partial charge < -0.3 is 14.4 Å². The molecule has 0 unspecified atom stereocenters. The summed E-state index contributed by atoms with van der Waals surface area (Å²) < 4.78 is 11.3. The number of halogens is 1. The standard InChI is InChI=1S/C26H21ClN2O4/c1-17-11-13-19(14-12-17)25(24(31)32-2)26(33-16-28-25)22-20(27)9-6-10-21(22)29(23(26)30)15-18-7-4-3-5-8-18/h3-14,16H,15H2,1-2H3/t25-,26+/m1/s1. The van der Waals surface area contributed by atoms with E-state index in [1.807, 2.05) is 49.4 Å². The van der Waals surface area contributed by atoms with E-state index in [1.165, 1.54) is 7.11 Å². The predicted molar refractivity (Wildman–Crippen MR) is 125 cm³/mol. The largest absolute Gasteiger partial charge is 0.467 e. The lowest BCUT2D eigenvalue weighted by Gasteiger charge is -2.37. The van der Waals surface area contributed by atoms with E-state index in [1.54, 1.807) is 35.2 Å². The number of rotatable bonds is 4. The molecule has 2 aliphatic heterocycles. The molecular weight excluding hydrogens is 440 g/mol. The third kappa shape index (κ3) is 2.84. The van der Waals surface area contributed by atoms with Gasteiger partial charge in [-0.25, -0.2) is 9.79 Å². The van der Waals surface area contributed by atoms with Crippen molar-refractivity contribution in [3.63, 3.8) is 0 Å². The molecule has 0 saturated heterocycles. The van der Waals surface area contributed by atoms with Crippen LogP contribution in [-0.4, -0.2) is 25.4 Å². The number of amides is 1. The lowest BCUT2D eigenvalue weighted by atomic mass is 9.71. The minimum atomic E-state index is -1.84. The number of fused-ring (bicyclic) bond motifs is 2. The number of methoxy groups -OCH3 is 1. The number of hydrogen-bond donors (Lipinski definition) is 0. The Balaban J connectivity index is 1.78. The minimum absolute atomic E-state index is 0.281. The van der Waals surface area contributed by atoms with Gasteiger partial charge in [-0.1, -0.05) is 77.8 Å². The third-order valence-corrected chi connectivity index (χ3v) is 6.61. The molecule has 166 valence electrons. The zero-order valence-corrected chi connectivity index (χ0v) is 18.9. The second kappa shape index (κ2) is 7.74. The molecule has 1 spiro atoms. The van der Waals surface area contributed by atoms with Crippen LogP contribution in [0.3, 0.4) is 0 Å². The van der Waals surface area contributed by atoms with Crippen LogP contribution < -0.4 is 4.90 Å². The van der Waals surface area contributed by atoms with Crippen molar-refractivity contribution in [2.75, 3.05) is 12.0 Å². The molecule has 0 aromatic heterocycles. The maximum absolute atomic E-state index is 14.3. The van der Waals surface area contributed by atoms with E-state index in [2.05, 4.69) is 4.99 Å². The van der Waals surface area contributed by atoms with Crippen LogP contribution in [0.25, 0.3) is 0 Å². The zero-order chi connectivity index (χ0) is 23.2. The smallest absolute Gasteiger partial charge is 0.343 e. The highest BCUT2D eigenvalue weighted by atomic mass is 35.5. The summed E-state index contributed by atoms with van der Waals surface area (Å²) in [6, 6.07) is 22.1. The molecule has 0 bridgehead atoms. The van der Waals surface area contributed by atoms with Crippen molar-refractivity contribution >= 4 is 35.6 Å². The van der Waals surface area contributed by atoms with Gasteiger partial charge in [0.05, 0.1) is 29.9 Å². The van der Waals surface area contributed by atoms with Gasteiger partial charge >= 0.3 is 5.97 Å². The molecular formula is C26H21ClN2O4. The first kappa shape index (κ1) is 21.2. The van der Waals surface area contributed by atoms with E-state index >= 15 is 0 Å². The number of nitrogens with zero attached hydrogens (tertiary/aromatic N) is 2. The van der Waals surface area contributed by atoms with Gasteiger partial charge in [0.25, 0.3) is 11.5 Å². The van der Waals surface area contributed by atoms with E-state index in [9.17, 15) is 9.59 Å². The van der Waals surface area contributed by atoms with Gasteiger partial charge in [0.15, 0.2) is 6.40 Å². The van der Waals surface area contributed by atoms with Gasteiger partial charge in [-0.15, -0.1) is 0 Å². The number of aliphatic imine (C=N–C) groups is 1. The fourth-order valence-corrected chi connectivity index (χ4v) is 5.06. The SMILES string of the molecule is COC(=O)[C@@]1(c2ccc(C)cc2)N=CO[C@@]12C(=O)N(Cc1ccccc1)c1cccc(Cl)c12. The maximum atomic E-state index is 14.3. The maximum Gasteiger partial charge on any atom is 0.343 e. The zero-order valence-electron chi connectivity index (χ0n) is 18.1. The van der Waals surface area contributed by atoms with Crippen LogP contribution in [0.1, 0.15) is 22.3 Å². The Morgan fingerprint density at radius 3 is 2.48 bits per heavy atom. The molecule has 0 N–H and O–H groups in total. The number of esters is 1. The third-order valence-electron chi connectivity index (χ3n) is 6.30. The lowest BCUT2D eigenvalue weighted by Crippen LogP contribution is -2.57. The number of benzene rings is 3. The summed E-state index contributed by atoms with van der Waals surface area (Å²) >= 11 is 6.69. The summed E-state index contributed by atoms with van der Waals surface area (Å²) in [4.78, 5) is 33.8. The predicted octanol–water partition coefficient (Wildman–Crippen LogP) is 4.52. The summed E-state index contributed by atoms with van der Waals surface area (Å²) in [7, 11) is 1.27. The Hall–Kier alpha value is -3.64. The van der Waals surface area contributed by atoms with Crippen LogP contribution in [-0.2, 0) is 36.7 Å². The number of carbonyl (C=O) groups is 2. The van der Waals surface area contributed by atoms with Crippen molar-refractivity contribution < 1.29 is 19.1 Å². The second-order valence-corrected chi connectivity index (χ2v) is 8.52. The first-order chi connectivity index (χ1) is 16.0. The summed E-state index contributed by atoms with van der Waals surface area (Å²) in [5.74, 6) is -1.14. The number of carbonyl (C=O) groups excluding carboxylic acids is 2. The van der Waals surface area contributed by atoms with Gasteiger partial charge in [0, 0.05) is 0 Å². The van der Waals surface area contributed by atoms with Gasteiger partial charge in [-0.2, -0.15) is 0 Å². The lowest BCUT2D eigenvalue weighted by molar-refractivity contribution is -0.162. The quantitative estimate of drug-likeness (QED) is 0.537. The summed E-state index contributed by atoms with van der Waals surface area (Å²) in [6.07, 6.45) is 1.16. The van der Waals surface area contributed by atoms with E-state index in [0.29, 0.717) is 21.8 Å². The van der Waals surface area contributed by atoms with Crippen LogP contribution in [0.5, 0.6) is 0 Å². The Bertz CT molecular complexity index is 1280. The van der Waals surface area contributed by atoms with Crippen molar-refractivity contribution in [3.8, 4) is 0 Å². The van der Waals surface area contributed by atoms with Crippen molar-refractivity contribution in [2.24, 2.45) is 4.99 Å². The molecule has 0 radical (unpaired) electrons. The molecule has 2 aliphatic rings. The highest BCUT2D eigenvalue weighted by molar-refractivity contribution is 6.33. The van der Waals surface area contributed by atoms with Crippen LogP contribution in [0.4, 0.5) is 5.69 Å². The van der Waals surface area contributed by atoms with Gasteiger partial charge in [-0.05, 0) is 30.2 Å². The van der Waals surface area contributed by atoms with E-state index < -0.39 is 23.0 Å². The van der Waals surface area contributed by atoms with Gasteiger partial charge in [-0.3, -0.25) is 4.79 Å². The summed E-state index contributed by atoms with van der Waals surface area (Å²) in [6.45, 7) is 2.22. The number of ether oxygens (including phenoxy) is 2. The molecule has 7 heteroatoms. The van der Waals surface area contributed by atoms with Gasteiger partial charge in [0.1, 0.15) is 0 Å². The molecule has 0 aliphatic carbocycles. The molecule has 2 heterocycles. The van der Waals surface area contributed by atoms with Crippen LogP contribution in [0.15, 0.2) is 77.8 Å². The number of aryl methyl sites for hydroxylation is 1. The van der Waals surface area contributed by atoms with Crippen molar-refractivity contribution in [2.45, 2.75) is 24.6 Å². The van der Waals surface area contributed by atoms with E-state index in [4.69, 9.17) is 21.1 Å². The Kier molecular flexibility index (Phi) is 4.98. The first-order valence-electron chi connectivity index (χ1n) is 10.5. The van der Waals surface area contributed by atoms with Crippen molar-refractivity contribution in [3.05, 3.63) is 100 Å². The van der Waals surface area contributed by atoms with Gasteiger partial charge in [0.2, 0.25) is 5.54 Å². The molecule has 2 atom stereocenters. The molecule has 3 aromatic carbocycles. The highest BCUT2D eigenvalue weighted by Crippen LogP contribution is 2.59. The molecule has 33 heavy (non-hydrogen) atoms. The topological polar surface area (TPSA) is 68.2 Å². The average Bonchev–Trinajstić information content (AvgIpc) is 3.34. The fourth-order valence-electron chi connectivity index (χ4n) is 4.76. The normalized spacial score (nSPS) is 23.0. The molecule has 3 aromatic rings. The Morgan fingerprint density at radius 2 is 1.79 bits per heavy atom. The van der Waals surface area contributed by atoms with Crippen molar-refractivity contribution in [1.29, 1.82) is 0 Å². The van der Waals surface area contributed by atoms with E-state index in [-0.39, 0.29) is 6.54 Å². The van der Waals surface area contributed by atoms with Crippen molar-refractivity contribution in [1.82, 2.24) is 0 Å². The van der Waals surface area contributed by atoms with E-state index in [0.717, 1.165) is 17.5 Å². The molecule has 0 saturated carbocycles. The molecule has 0 fully saturated rings.